The van der Waals surface area contributed by atoms with Gasteiger partial charge in [-0.25, -0.2) is 0 Å². The first-order valence-corrected chi connectivity index (χ1v) is 5.77. The monoisotopic (exact) mass is 213 g/mol. The van der Waals surface area contributed by atoms with Crippen molar-refractivity contribution in [3.05, 3.63) is 12.7 Å². The summed E-state index contributed by atoms with van der Waals surface area (Å²) < 4.78 is 0. The Kier molecular flexibility index (Phi) is 6.81. The van der Waals surface area contributed by atoms with Crippen LogP contribution < -0.4 is 11.3 Å². The standard InChI is InChI=1S/C12H27N3/c1-6-8-9-10-11(14-13)12(3,7-2)15(4)5/h6,11,14H,1,7-10,13H2,2-5H3. The van der Waals surface area contributed by atoms with Crippen molar-refractivity contribution < 1.29 is 0 Å². The lowest BCUT2D eigenvalue weighted by molar-refractivity contribution is 0.107. The molecule has 0 aromatic carbocycles. The molecule has 90 valence electrons. The van der Waals surface area contributed by atoms with E-state index in [0.717, 1.165) is 25.7 Å². The Morgan fingerprint density at radius 1 is 1.53 bits per heavy atom. The van der Waals surface area contributed by atoms with Gasteiger partial charge in [-0.3, -0.25) is 11.3 Å². The molecule has 0 rings (SSSR count). The van der Waals surface area contributed by atoms with Crippen LogP contribution in [0.1, 0.15) is 39.5 Å². The molecule has 0 aliphatic rings. The zero-order valence-electron chi connectivity index (χ0n) is 10.7. The van der Waals surface area contributed by atoms with Gasteiger partial charge in [0.25, 0.3) is 0 Å². The molecule has 2 unspecified atom stereocenters. The Morgan fingerprint density at radius 2 is 2.13 bits per heavy atom. The quantitative estimate of drug-likeness (QED) is 0.280. The molecule has 0 bridgehead atoms. The molecule has 0 heterocycles. The molecule has 3 heteroatoms. The van der Waals surface area contributed by atoms with E-state index < -0.39 is 0 Å². The Morgan fingerprint density at radius 3 is 2.47 bits per heavy atom. The molecule has 0 aromatic rings. The number of rotatable bonds is 8. The first-order chi connectivity index (χ1) is 7.02. The predicted molar refractivity (Wildman–Crippen MR) is 67.5 cm³/mol. The van der Waals surface area contributed by atoms with E-state index in [0.29, 0.717) is 6.04 Å². The second-order valence-electron chi connectivity index (χ2n) is 4.54. The molecule has 0 saturated carbocycles. The van der Waals surface area contributed by atoms with Gasteiger partial charge in [0.1, 0.15) is 0 Å². The molecule has 3 nitrogen and oxygen atoms in total. The summed E-state index contributed by atoms with van der Waals surface area (Å²) in [6.07, 6.45) is 6.34. The van der Waals surface area contributed by atoms with E-state index in [-0.39, 0.29) is 5.54 Å². The van der Waals surface area contributed by atoms with Gasteiger partial charge in [-0.15, -0.1) is 6.58 Å². The number of nitrogens with zero attached hydrogens (tertiary/aromatic N) is 1. The average Bonchev–Trinajstić information content (AvgIpc) is 2.23. The van der Waals surface area contributed by atoms with Crippen LogP contribution in [0.15, 0.2) is 12.7 Å². The Hall–Kier alpha value is -0.380. The van der Waals surface area contributed by atoms with E-state index in [4.69, 9.17) is 5.84 Å². The van der Waals surface area contributed by atoms with Crippen molar-refractivity contribution in [2.75, 3.05) is 14.1 Å². The number of hydrazine groups is 1. The van der Waals surface area contributed by atoms with Crippen LogP contribution in [0.4, 0.5) is 0 Å². The fourth-order valence-electron chi connectivity index (χ4n) is 1.91. The van der Waals surface area contributed by atoms with Crippen molar-refractivity contribution in [2.24, 2.45) is 5.84 Å². The third-order valence-corrected chi connectivity index (χ3v) is 3.59. The summed E-state index contributed by atoms with van der Waals surface area (Å²) in [6.45, 7) is 8.20. The van der Waals surface area contributed by atoms with Gasteiger partial charge < -0.3 is 4.90 Å². The van der Waals surface area contributed by atoms with E-state index in [9.17, 15) is 0 Å². The third-order valence-electron chi connectivity index (χ3n) is 3.59. The van der Waals surface area contributed by atoms with E-state index in [2.05, 4.69) is 44.8 Å². The normalized spacial score (nSPS) is 17.5. The zero-order chi connectivity index (χ0) is 11.9. The molecule has 0 aliphatic carbocycles. The molecular weight excluding hydrogens is 186 g/mol. The number of nitrogens with two attached hydrogens (primary N) is 1. The third kappa shape index (κ3) is 3.93. The SMILES string of the molecule is C=CCCCC(NN)C(C)(CC)N(C)C. The molecule has 3 N–H and O–H groups in total. The minimum Gasteiger partial charge on any atom is -0.302 e. The Balaban J connectivity index is 4.39. The van der Waals surface area contributed by atoms with Crippen molar-refractivity contribution >= 4 is 0 Å². The first-order valence-electron chi connectivity index (χ1n) is 5.77. The second-order valence-corrected chi connectivity index (χ2v) is 4.54. The van der Waals surface area contributed by atoms with Crippen LogP contribution in [-0.2, 0) is 0 Å². The summed E-state index contributed by atoms with van der Waals surface area (Å²) in [4.78, 5) is 2.26. The minimum absolute atomic E-state index is 0.121. The average molecular weight is 213 g/mol. The highest BCUT2D eigenvalue weighted by Crippen LogP contribution is 2.24. The van der Waals surface area contributed by atoms with Crippen LogP contribution in [0.25, 0.3) is 0 Å². The molecule has 0 saturated heterocycles. The van der Waals surface area contributed by atoms with E-state index in [1.54, 1.807) is 0 Å². The van der Waals surface area contributed by atoms with E-state index >= 15 is 0 Å². The predicted octanol–water partition coefficient (Wildman–Crippen LogP) is 1.90. The van der Waals surface area contributed by atoms with Gasteiger partial charge >= 0.3 is 0 Å². The zero-order valence-corrected chi connectivity index (χ0v) is 10.7. The van der Waals surface area contributed by atoms with Crippen molar-refractivity contribution in [3.8, 4) is 0 Å². The molecule has 2 atom stereocenters. The lowest BCUT2D eigenvalue weighted by Gasteiger charge is -2.42. The largest absolute Gasteiger partial charge is 0.302 e. The lowest BCUT2D eigenvalue weighted by Crippen LogP contribution is -2.58. The number of allylic oxidation sites excluding steroid dienone is 1. The summed E-state index contributed by atoms with van der Waals surface area (Å²) in [5.41, 5.74) is 3.08. The van der Waals surface area contributed by atoms with Gasteiger partial charge in [-0.05, 0) is 46.7 Å². The number of unbranched alkanes of at least 4 members (excludes halogenated alkanes) is 1. The summed E-state index contributed by atoms with van der Waals surface area (Å²) in [6, 6.07) is 0.331. The van der Waals surface area contributed by atoms with Crippen molar-refractivity contribution in [3.63, 3.8) is 0 Å². The number of nitrogens with one attached hydrogen (secondary N) is 1. The van der Waals surface area contributed by atoms with Crippen LogP contribution >= 0.6 is 0 Å². The molecule has 0 spiro atoms. The first kappa shape index (κ1) is 14.6. The van der Waals surface area contributed by atoms with Crippen LogP contribution in [-0.4, -0.2) is 30.6 Å². The van der Waals surface area contributed by atoms with Crippen molar-refractivity contribution in [1.82, 2.24) is 10.3 Å². The number of hydrogen-bond donors (Lipinski definition) is 2. The number of likely N-dealkylation sites (N-methyl/N-ethyl adjacent to an activating group) is 1. The summed E-state index contributed by atoms with van der Waals surface area (Å²) >= 11 is 0. The number of hydrogen-bond acceptors (Lipinski definition) is 3. The van der Waals surface area contributed by atoms with Crippen LogP contribution in [0.2, 0.25) is 0 Å². The Labute approximate surface area is 94.7 Å². The fraction of sp³-hybridized carbons (Fsp3) is 0.833. The van der Waals surface area contributed by atoms with Crippen molar-refractivity contribution in [2.45, 2.75) is 51.1 Å². The molecule has 0 fully saturated rings. The van der Waals surface area contributed by atoms with Crippen molar-refractivity contribution in [1.29, 1.82) is 0 Å². The second kappa shape index (κ2) is 6.99. The van der Waals surface area contributed by atoms with Gasteiger partial charge in [-0.1, -0.05) is 13.0 Å². The smallest absolute Gasteiger partial charge is 0.0391 e. The van der Waals surface area contributed by atoms with Gasteiger partial charge in [0.2, 0.25) is 0 Å². The van der Waals surface area contributed by atoms with Gasteiger partial charge in [0, 0.05) is 11.6 Å². The maximum absolute atomic E-state index is 5.65. The maximum Gasteiger partial charge on any atom is 0.0391 e. The van der Waals surface area contributed by atoms with Gasteiger partial charge in [0.05, 0.1) is 0 Å². The molecular formula is C12H27N3. The molecule has 15 heavy (non-hydrogen) atoms. The molecule has 0 radical (unpaired) electrons. The highest BCUT2D eigenvalue weighted by atomic mass is 15.3. The molecule has 0 aliphatic heterocycles. The summed E-state index contributed by atoms with van der Waals surface area (Å²) in [5.74, 6) is 5.65. The minimum atomic E-state index is 0.121. The topological polar surface area (TPSA) is 41.3 Å². The van der Waals surface area contributed by atoms with Gasteiger partial charge in [0.15, 0.2) is 0 Å². The lowest BCUT2D eigenvalue weighted by atomic mass is 9.85. The molecule has 0 amide bonds. The van der Waals surface area contributed by atoms with E-state index in [1.807, 2.05) is 6.08 Å². The summed E-state index contributed by atoms with van der Waals surface area (Å²) in [5, 5.41) is 0. The Bertz CT molecular complexity index is 180. The summed E-state index contributed by atoms with van der Waals surface area (Å²) in [7, 11) is 4.22. The highest BCUT2D eigenvalue weighted by Gasteiger charge is 2.33. The van der Waals surface area contributed by atoms with Crippen LogP contribution in [0.5, 0.6) is 0 Å². The van der Waals surface area contributed by atoms with Crippen LogP contribution in [0, 0.1) is 0 Å². The van der Waals surface area contributed by atoms with E-state index in [1.165, 1.54) is 0 Å². The highest BCUT2D eigenvalue weighted by molar-refractivity contribution is 4.93. The molecule has 0 aromatic heterocycles. The van der Waals surface area contributed by atoms with Crippen LogP contribution in [0.3, 0.4) is 0 Å². The fourth-order valence-corrected chi connectivity index (χ4v) is 1.91. The van der Waals surface area contributed by atoms with Gasteiger partial charge in [-0.2, -0.15) is 0 Å². The maximum atomic E-state index is 5.65.